The average Bonchev–Trinajstić information content (AvgIpc) is 3.11. The highest BCUT2D eigenvalue weighted by molar-refractivity contribution is 7.18. The first-order valence-corrected chi connectivity index (χ1v) is 10.3. The fourth-order valence-corrected chi connectivity index (χ4v) is 4.16. The zero-order chi connectivity index (χ0) is 19.9. The molecule has 1 heterocycles. The molecule has 148 valence electrons. The third kappa shape index (κ3) is 5.30. The van der Waals surface area contributed by atoms with Gasteiger partial charge in [0.05, 0.1) is 28.4 Å². The predicted molar refractivity (Wildman–Crippen MR) is 115 cm³/mol. The molecule has 0 aliphatic rings. The van der Waals surface area contributed by atoms with Gasteiger partial charge >= 0.3 is 0 Å². The van der Waals surface area contributed by atoms with Crippen molar-refractivity contribution in [3.8, 4) is 5.75 Å². The van der Waals surface area contributed by atoms with Crippen LogP contribution in [0.3, 0.4) is 0 Å². The number of ether oxygens (including phenoxy) is 1. The molecule has 5 nitrogen and oxygen atoms in total. The standard InChI is InChI=1S/C22H27N3O2S/c1-25(2)19(16-11-13-17(27-3)14-12-16)15-23-21(26)9-6-10-22-24-18-7-4-5-8-20(18)28-22/h4-5,7-8,11-14,19H,6,9-10,15H2,1-3H3,(H,23,26). The molecule has 1 aromatic heterocycles. The highest BCUT2D eigenvalue weighted by atomic mass is 32.1. The molecule has 1 N–H and O–H groups in total. The summed E-state index contributed by atoms with van der Waals surface area (Å²) in [5, 5.41) is 4.17. The van der Waals surface area contributed by atoms with Gasteiger partial charge in [-0.25, -0.2) is 4.98 Å². The lowest BCUT2D eigenvalue weighted by Crippen LogP contribution is -2.34. The van der Waals surface area contributed by atoms with E-state index in [9.17, 15) is 4.79 Å². The van der Waals surface area contributed by atoms with E-state index in [0.29, 0.717) is 13.0 Å². The van der Waals surface area contributed by atoms with Crippen LogP contribution in [0.25, 0.3) is 10.2 Å². The summed E-state index contributed by atoms with van der Waals surface area (Å²) in [5.74, 6) is 0.918. The number of carbonyl (C=O) groups is 1. The summed E-state index contributed by atoms with van der Waals surface area (Å²) in [6, 6.07) is 16.3. The zero-order valence-corrected chi connectivity index (χ0v) is 17.5. The minimum Gasteiger partial charge on any atom is -0.497 e. The summed E-state index contributed by atoms with van der Waals surface area (Å²) in [5.41, 5.74) is 2.20. The molecule has 1 atom stereocenters. The number of amides is 1. The minimum absolute atomic E-state index is 0.0847. The molecule has 6 heteroatoms. The molecule has 0 saturated heterocycles. The van der Waals surface area contributed by atoms with E-state index in [2.05, 4.69) is 21.3 Å². The Morgan fingerprint density at radius 2 is 1.93 bits per heavy atom. The summed E-state index contributed by atoms with van der Waals surface area (Å²) in [7, 11) is 5.70. The Morgan fingerprint density at radius 3 is 2.61 bits per heavy atom. The lowest BCUT2D eigenvalue weighted by atomic mass is 10.1. The molecule has 28 heavy (non-hydrogen) atoms. The molecule has 1 amide bonds. The van der Waals surface area contributed by atoms with E-state index >= 15 is 0 Å². The second kappa shape index (κ2) is 9.66. The lowest BCUT2D eigenvalue weighted by molar-refractivity contribution is -0.121. The molecule has 3 aromatic rings. The van der Waals surface area contributed by atoms with Crippen LogP contribution in [0, 0.1) is 0 Å². The number of nitrogens with zero attached hydrogens (tertiary/aromatic N) is 2. The van der Waals surface area contributed by atoms with E-state index in [0.717, 1.165) is 34.7 Å². The Labute approximate surface area is 170 Å². The Bertz CT molecular complexity index is 873. The maximum absolute atomic E-state index is 12.3. The molecule has 0 radical (unpaired) electrons. The number of hydrogen-bond acceptors (Lipinski definition) is 5. The van der Waals surface area contributed by atoms with Gasteiger partial charge in [0.2, 0.25) is 5.91 Å². The van der Waals surface area contributed by atoms with Crippen LogP contribution in [0.5, 0.6) is 5.75 Å². The van der Waals surface area contributed by atoms with Crippen molar-refractivity contribution in [3.63, 3.8) is 0 Å². The topological polar surface area (TPSA) is 54.5 Å². The van der Waals surface area contributed by atoms with Crippen molar-refractivity contribution < 1.29 is 9.53 Å². The molecule has 3 rings (SSSR count). The van der Waals surface area contributed by atoms with E-state index in [1.165, 1.54) is 4.70 Å². The van der Waals surface area contributed by atoms with Crippen LogP contribution < -0.4 is 10.1 Å². The van der Waals surface area contributed by atoms with Crippen LogP contribution in [0.4, 0.5) is 0 Å². The largest absolute Gasteiger partial charge is 0.497 e. The van der Waals surface area contributed by atoms with Crippen LogP contribution in [-0.2, 0) is 11.2 Å². The molecule has 1 unspecified atom stereocenters. The molecule has 0 aliphatic carbocycles. The van der Waals surface area contributed by atoms with Crippen molar-refractivity contribution in [1.29, 1.82) is 0 Å². The molecule has 0 bridgehead atoms. The Hall–Kier alpha value is -2.44. The first-order valence-electron chi connectivity index (χ1n) is 9.48. The van der Waals surface area contributed by atoms with E-state index in [1.54, 1.807) is 18.4 Å². The molecule has 0 saturated carbocycles. The third-order valence-electron chi connectivity index (χ3n) is 4.75. The van der Waals surface area contributed by atoms with Gasteiger partial charge in [-0.15, -0.1) is 11.3 Å². The Balaban J connectivity index is 1.47. The number of rotatable bonds is 9. The van der Waals surface area contributed by atoms with Gasteiger partial charge in [0, 0.05) is 13.0 Å². The van der Waals surface area contributed by atoms with Crippen molar-refractivity contribution in [2.24, 2.45) is 0 Å². The molecule has 2 aromatic carbocycles. The number of fused-ring (bicyclic) bond motifs is 1. The SMILES string of the molecule is COc1ccc(C(CNC(=O)CCCc2nc3ccccc3s2)N(C)C)cc1. The van der Waals surface area contributed by atoms with Crippen molar-refractivity contribution in [2.45, 2.75) is 25.3 Å². The lowest BCUT2D eigenvalue weighted by Gasteiger charge is -2.25. The number of carbonyl (C=O) groups excluding carboxylic acids is 1. The van der Waals surface area contributed by atoms with Gasteiger partial charge in [0.1, 0.15) is 5.75 Å². The van der Waals surface area contributed by atoms with Crippen LogP contribution in [0.2, 0.25) is 0 Å². The number of benzene rings is 2. The van der Waals surface area contributed by atoms with Crippen LogP contribution >= 0.6 is 11.3 Å². The van der Waals surface area contributed by atoms with Gasteiger partial charge in [0.25, 0.3) is 0 Å². The number of aromatic nitrogens is 1. The van der Waals surface area contributed by atoms with Gasteiger partial charge in [-0.3, -0.25) is 4.79 Å². The van der Waals surface area contributed by atoms with Crippen LogP contribution in [0.15, 0.2) is 48.5 Å². The summed E-state index contributed by atoms with van der Waals surface area (Å²) < 4.78 is 6.42. The maximum Gasteiger partial charge on any atom is 0.220 e. The van der Waals surface area contributed by atoms with Gasteiger partial charge in [-0.2, -0.15) is 0 Å². The highest BCUT2D eigenvalue weighted by Gasteiger charge is 2.15. The molecule has 0 fully saturated rings. The number of methoxy groups -OCH3 is 1. The first kappa shape index (κ1) is 20.3. The number of hydrogen-bond donors (Lipinski definition) is 1. The number of para-hydroxylation sites is 1. The number of nitrogens with one attached hydrogen (secondary N) is 1. The Morgan fingerprint density at radius 1 is 1.18 bits per heavy atom. The van der Waals surface area contributed by atoms with Crippen molar-refractivity contribution in [3.05, 3.63) is 59.1 Å². The highest BCUT2D eigenvalue weighted by Crippen LogP contribution is 2.23. The molecular weight excluding hydrogens is 370 g/mol. The predicted octanol–water partition coefficient (Wildman–Crippen LogP) is 4.05. The van der Waals surface area contributed by atoms with Crippen molar-refractivity contribution in [1.82, 2.24) is 15.2 Å². The van der Waals surface area contributed by atoms with Crippen LogP contribution in [-0.4, -0.2) is 43.5 Å². The van der Waals surface area contributed by atoms with E-state index < -0.39 is 0 Å². The average molecular weight is 398 g/mol. The number of likely N-dealkylation sites (N-methyl/N-ethyl adjacent to an activating group) is 1. The summed E-state index contributed by atoms with van der Waals surface area (Å²) >= 11 is 1.71. The second-order valence-electron chi connectivity index (χ2n) is 6.99. The molecule has 0 spiro atoms. The third-order valence-corrected chi connectivity index (χ3v) is 5.85. The first-order chi connectivity index (χ1) is 13.6. The minimum atomic E-state index is 0.0847. The maximum atomic E-state index is 12.3. The van der Waals surface area contributed by atoms with Crippen molar-refractivity contribution >= 4 is 27.5 Å². The summed E-state index contributed by atoms with van der Waals surface area (Å²) in [6.45, 7) is 0.583. The smallest absolute Gasteiger partial charge is 0.220 e. The monoisotopic (exact) mass is 397 g/mol. The summed E-state index contributed by atoms with van der Waals surface area (Å²) in [4.78, 5) is 19.0. The second-order valence-corrected chi connectivity index (χ2v) is 8.10. The van der Waals surface area contributed by atoms with Gasteiger partial charge in [-0.05, 0) is 56.8 Å². The normalized spacial score (nSPS) is 12.3. The molecular formula is C22H27N3O2S. The van der Waals surface area contributed by atoms with E-state index in [-0.39, 0.29) is 11.9 Å². The quantitative estimate of drug-likeness (QED) is 0.592. The zero-order valence-electron chi connectivity index (χ0n) is 16.6. The fraction of sp³-hybridized carbons (Fsp3) is 0.364. The van der Waals surface area contributed by atoms with Gasteiger partial charge in [0.15, 0.2) is 0 Å². The fourth-order valence-electron chi connectivity index (χ4n) is 3.15. The van der Waals surface area contributed by atoms with E-state index in [1.807, 2.05) is 56.6 Å². The van der Waals surface area contributed by atoms with E-state index in [4.69, 9.17) is 4.74 Å². The van der Waals surface area contributed by atoms with Gasteiger partial charge < -0.3 is 15.0 Å². The summed E-state index contributed by atoms with van der Waals surface area (Å²) in [6.07, 6.45) is 2.15. The number of thiazole rings is 1. The van der Waals surface area contributed by atoms with Gasteiger partial charge in [-0.1, -0.05) is 24.3 Å². The Kier molecular flexibility index (Phi) is 7.01. The number of aryl methyl sites for hydroxylation is 1. The van der Waals surface area contributed by atoms with Crippen molar-refractivity contribution in [2.75, 3.05) is 27.7 Å². The van der Waals surface area contributed by atoms with Crippen LogP contribution in [0.1, 0.15) is 29.5 Å². The molecule has 0 aliphatic heterocycles.